The van der Waals surface area contributed by atoms with Gasteiger partial charge in [0, 0.05) is 30.3 Å². The van der Waals surface area contributed by atoms with E-state index >= 15 is 0 Å². The van der Waals surface area contributed by atoms with Gasteiger partial charge in [-0.3, -0.25) is 9.59 Å². The number of rotatable bonds is 10. The molecule has 35 heavy (non-hydrogen) atoms. The summed E-state index contributed by atoms with van der Waals surface area (Å²) in [5.74, 6) is -1.49. The van der Waals surface area contributed by atoms with Crippen LogP contribution in [0.2, 0.25) is 0 Å². The average Bonchev–Trinajstić information content (AvgIpc) is 2.82. The van der Waals surface area contributed by atoms with Gasteiger partial charge in [0.2, 0.25) is 11.8 Å². The summed E-state index contributed by atoms with van der Waals surface area (Å²) in [7, 11) is 1.53. The predicted molar refractivity (Wildman–Crippen MR) is 130 cm³/mol. The molecule has 184 valence electrons. The Morgan fingerprint density at radius 2 is 1.74 bits per heavy atom. The lowest BCUT2D eigenvalue weighted by molar-refractivity contribution is -0.141. The summed E-state index contributed by atoms with van der Waals surface area (Å²) in [6.45, 7) is 3.53. The van der Waals surface area contributed by atoms with Gasteiger partial charge < -0.3 is 24.9 Å². The van der Waals surface area contributed by atoms with Gasteiger partial charge in [-0.15, -0.1) is 0 Å². The maximum absolute atomic E-state index is 12.6. The molecule has 0 aliphatic rings. The quantitative estimate of drug-likeness (QED) is 0.379. The molecule has 9 heteroatoms. The molecule has 3 N–H and O–H groups in total. The van der Waals surface area contributed by atoms with E-state index in [0.717, 1.165) is 5.56 Å². The van der Waals surface area contributed by atoms with Crippen LogP contribution < -0.4 is 21.0 Å². The molecule has 1 heterocycles. The van der Waals surface area contributed by atoms with Gasteiger partial charge in [-0.05, 0) is 37.1 Å². The number of hydrogen-bond acceptors (Lipinski definition) is 6. The summed E-state index contributed by atoms with van der Waals surface area (Å²) in [6.07, 6.45) is -0.159. The Morgan fingerprint density at radius 1 is 1.03 bits per heavy atom. The number of fused-ring (bicyclic) bond motifs is 1. The number of amides is 2. The number of hydrogen-bond donors (Lipinski definition) is 3. The number of aryl methyl sites for hydroxylation is 2. The molecule has 0 radical (unpaired) electrons. The first-order chi connectivity index (χ1) is 16.7. The van der Waals surface area contributed by atoms with Crippen molar-refractivity contribution < 1.29 is 28.6 Å². The summed E-state index contributed by atoms with van der Waals surface area (Å²) >= 11 is 0. The number of carboxylic acids is 1. The van der Waals surface area contributed by atoms with E-state index in [-0.39, 0.29) is 31.4 Å². The molecular weight excluding hydrogens is 452 g/mol. The molecule has 0 saturated heterocycles. The van der Waals surface area contributed by atoms with Gasteiger partial charge in [0.25, 0.3) is 0 Å². The van der Waals surface area contributed by atoms with Crippen molar-refractivity contribution in [3.8, 4) is 5.75 Å². The second-order valence-electron chi connectivity index (χ2n) is 8.19. The molecule has 0 aliphatic carbocycles. The summed E-state index contributed by atoms with van der Waals surface area (Å²) < 4.78 is 10.7. The molecule has 3 aromatic rings. The standard InChI is InChI=1S/C26H28N2O7/c1-15-18-9-10-21(34-3)16(2)24(18)35-26(33)19(15)14-23(30)27-12-11-22(29)28-20(25(31)32)13-17-7-5-4-6-8-17/h4-10,20H,11-14H2,1-3H3,(H,27,30)(H,28,29)(H,31,32)/t20-/m0/s1. The minimum Gasteiger partial charge on any atom is -0.496 e. The fraction of sp³-hybridized carbons (Fsp3) is 0.308. The third kappa shape index (κ3) is 6.26. The van der Waals surface area contributed by atoms with E-state index in [2.05, 4.69) is 10.6 Å². The van der Waals surface area contributed by atoms with Crippen molar-refractivity contribution in [2.75, 3.05) is 13.7 Å². The third-order valence-electron chi connectivity index (χ3n) is 5.80. The Labute approximate surface area is 202 Å². The molecule has 0 unspecified atom stereocenters. The van der Waals surface area contributed by atoms with Crippen molar-refractivity contribution in [2.45, 2.75) is 39.2 Å². The van der Waals surface area contributed by atoms with Crippen molar-refractivity contribution in [3.05, 3.63) is 75.1 Å². The fourth-order valence-corrected chi connectivity index (χ4v) is 3.85. The van der Waals surface area contributed by atoms with Gasteiger partial charge in [-0.1, -0.05) is 30.3 Å². The highest BCUT2D eigenvalue weighted by atomic mass is 16.5. The smallest absolute Gasteiger partial charge is 0.340 e. The number of aliphatic carboxylic acids is 1. The molecule has 0 saturated carbocycles. The molecule has 0 spiro atoms. The number of carbonyl (C=O) groups excluding carboxylic acids is 2. The largest absolute Gasteiger partial charge is 0.496 e. The van der Waals surface area contributed by atoms with Crippen molar-refractivity contribution in [1.29, 1.82) is 0 Å². The first-order valence-electron chi connectivity index (χ1n) is 11.1. The van der Waals surface area contributed by atoms with Gasteiger partial charge in [0.1, 0.15) is 17.4 Å². The summed E-state index contributed by atoms with van der Waals surface area (Å²) in [5, 5.41) is 15.2. The Bertz CT molecular complexity index is 1300. The van der Waals surface area contributed by atoms with Gasteiger partial charge in [-0.2, -0.15) is 0 Å². The molecule has 2 amide bonds. The van der Waals surface area contributed by atoms with Crippen molar-refractivity contribution in [3.63, 3.8) is 0 Å². The fourth-order valence-electron chi connectivity index (χ4n) is 3.85. The first kappa shape index (κ1) is 25.5. The highest BCUT2D eigenvalue weighted by Gasteiger charge is 2.21. The zero-order chi connectivity index (χ0) is 25.5. The topological polar surface area (TPSA) is 135 Å². The van der Waals surface area contributed by atoms with Crippen molar-refractivity contribution in [1.82, 2.24) is 10.6 Å². The third-order valence-corrected chi connectivity index (χ3v) is 5.80. The van der Waals surface area contributed by atoms with Crippen LogP contribution in [-0.4, -0.2) is 42.6 Å². The maximum atomic E-state index is 12.6. The number of benzene rings is 2. The number of ether oxygens (including phenoxy) is 1. The Hall–Kier alpha value is -4.14. The van der Waals surface area contributed by atoms with Gasteiger partial charge >= 0.3 is 11.6 Å². The van der Waals surface area contributed by atoms with Gasteiger partial charge in [0.05, 0.1) is 19.1 Å². The van der Waals surface area contributed by atoms with Crippen LogP contribution >= 0.6 is 0 Å². The Morgan fingerprint density at radius 3 is 2.40 bits per heavy atom. The molecule has 9 nitrogen and oxygen atoms in total. The average molecular weight is 481 g/mol. The van der Waals surface area contributed by atoms with Crippen molar-refractivity contribution >= 4 is 28.8 Å². The van der Waals surface area contributed by atoms with E-state index in [0.29, 0.717) is 27.8 Å². The zero-order valence-electron chi connectivity index (χ0n) is 19.8. The van der Waals surface area contributed by atoms with Crippen LogP contribution in [-0.2, 0) is 27.2 Å². The molecule has 0 aliphatic heterocycles. The summed E-state index contributed by atoms with van der Waals surface area (Å²) in [6, 6.07) is 11.4. The predicted octanol–water partition coefficient (Wildman–Crippen LogP) is 2.28. The monoisotopic (exact) mass is 480 g/mol. The van der Waals surface area contributed by atoms with Crippen LogP contribution in [0.4, 0.5) is 0 Å². The van der Waals surface area contributed by atoms with E-state index in [1.54, 1.807) is 50.2 Å². The number of carboxylic acid groups (broad SMARTS) is 1. The molecule has 2 aromatic carbocycles. The number of methoxy groups -OCH3 is 1. The van der Waals surface area contributed by atoms with E-state index < -0.39 is 29.5 Å². The van der Waals surface area contributed by atoms with Crippen LogP contribution in [0, 0.1) is 13.8 Å². The van der Waals surface area contributed by atoms with Crippen LogP contribution in [0.5, 0.6) is 5.75 Å². The summed E-state index contributed by atoms with van der Waals surface area (Å²) in [5.41, 5.74) is 2.16. The number of carbonyl (C=O) groups is 3. The second-order valence-corrected chi connectivity index (χ2v) is 8.19. The highest BCUT2D eigenvalue weighted by molar-refractivity contribution is 5.88. The Balaban J connectivity index is 1.58. The lowest BCUT2D eigenvalue weighted by Crippen LogP contribution is -2.43. The first-order valence-corrected chi connectivity index (χ1v) is 11.1. The summed E-state index contributed by atoms with van der Waals surface area (Å²) in [4.78, 5) is 48.7. The van der Waals surface area contributed by atoms with Crippen LogP contribution in [0.15, 0.2) is 51.7 Å². The minimum atomic E-state index is -1.14. The molecular formula is C26H28N2O7. The van der Waals surface area contributed by atoms with Crippen LogP contribution in [0.25, 0.3) is 11.0 Å². The lowest BCUT2D eigenvalue weighted by Gasteiger charge is -2.15. The second kappa shape index (κ2) is 11.3. The molecule has 3 rings (SSSR count). The lowest BCUT2D eigenvalue weighted by atomic mass is 10.0. The van der Waals surface area contributed by atoms with E-state index in [9.17, 15) is 24.3 Å². The SMILES string of the molecule is COc1ccc2c(C)c(CC(=O)NCCC(=O)N[C@@H](Cc3ccccc3)C(=O)O)c(=O)oc2c1C. The molecule has 1 atom stereocenters. The maximum Gasteiger partial charge on any atom is 0.340 e. The highest BCUT2D eigenvalue weighted by Crippen LogP contribution is 2.29. The van der Waals surface area contributed by atoms with Crippen LogP contribution in [0.1, 0.15) is 28.7 Å². The molecule has 0 bridgehead atoms. The van der Waals surface area contributed by atoms with E-state index in [1.807, 2.05) is 6.07 Å². The van der Waals surface area contributed by atoms with Gasteiger partial charge in [-0.25, -0.2) is 9.59 Å². The molecule has 0 fully saturated rings. The zero-order valence-corrected chi connectivity index (χ0v) is 19.8. The van der Waals surface area contributed by atoms with E-state index in [4.69, 9.17) is 9.15 Å². The van der Waals surface area contributed by atoms with E-state index in [1.165, 1.54) is 7.11 Å². The number of nitrogens with one attached hydrogen (secondary N) is 2. The normalized spacial score (nSPS) is 11.6. The molecule has 1 aromatic heterocycles. The van der Waals surface area contributed by atoms with Crippen molar-refractivity contribution in [2.24, 2.45) is 0 Å². The minimum absolute atomic E-state index is 0.00336. The van der Waals surface area contributed by atoms with Gasteiger partial charge in [0.15, 0.2) is 0 Å². The van der Waals surface area contributed by atoms with Crippen LogP contribution in [0.3, 0.4) is 0 Å². The Kier molecular flexibility index (Phi) is 8.25.